The summed E-state index contributed by atoms with van der Waals surface area (Å²) in [6, 6.07) is 7.55. The molecule has 0 radical (unpaired) electrons. The third-order valence-electron chi connectivity index (χ3n) is 3.39. The Bertz CT molecular complexity index is 412. The highest BCUT2D eigenvalue weighted by Gasteiger charge is 2.39. The van der Waals surface area contributed by atoms with E-state index in [-0.39, 0.29) is 5.91 Å². The van der Waals surface area contributed by atoms with E-state index >= 15 is 0 Å². The SMILES string of the molecule is COc1cccc(C2(C(N)=O)CCCCN2)c1. The number of ether oxygens (including phenoxy) is 1. The van der Waals surface area contributed by atoms with Gasteiger partial charge in [-0.1, -0.05) is 12.1 Å². The van der Waals surface area contributed by atoms with Crippen LogP contribution in [0.3, 0.4) is 0 Å². The zero-order valence-corrected chi connectivity index (χ0v) is 10.0. The van der Waals surface area contributed by atoms with Gasteiger partial charge in [0.15, 0.2) is 0 Å². The van der Waals surface area contributed by atoms with Gasteiger partial charge in [0.2, 0.25) is 5.91 Å². The summed E-state index contributed by atoms with van der Waals surface area (Å²) in [5.74, 6) is 0.431. The average Bonchev–Trinajstić information content (AvgIpc) is 2.39. The number of methoxy groups -OCH3 is 1. The summed E-state index contributed by atoms with van der Waals surface area (Å²) in [5, 5.41) is 3.27. The average molecular weight is 234 g/mol. The Balaban J connectivity index is 2.41. The van der Waals surface area contributed by atoms with Crippen LogP contribution in [0.2, 0.25) is 0 Å². The highest BCUT2D eigenvalue weighted by molar-refractivity contribution is 5.86. The quantitative estimate of drug-likeness (QED) is 0.824. The number of nitrogens with one attached hydrogen (secondary N) is 1. The zero-order chi connectivity index (χ0) is 12.3. The van der Waals surface area contributed by atoms with Crippen LogP contribution in [0.15, 0.2) is 24.3 Å². The van der Waals surface area contributed by atoms with E-state index in [0.29, 0.717) is 0 Å². The number of hydrogen-bond donors (Lipinski definition) is 2. The molecule has 1 fully saturated rings. The Morgan fingerprint density at radius 2 is 2.29 bits per heavy atom. The van der Waals surface area contributed by atoms with E-state index in [1.54, 1.807) is 7.11 Å². The second kappa shape index (κ2) is 4.75. The van der Waals surface area contributed by atoms with Gasteiger partial charge < -0.3 is 10.5 Å². The molecule has 1 unspecified atom stereocenters. The number of hydrogen-bond acceptors (Lipinski definition) is 3. The molecule has 1 aliphatic rings. The normalized spacial score (nSPS) is 24.3. The lowest BCUT2D eigenvalue weighted by Gasteiger charge is -2.36. The van der Waals surface area contributed by atoms with Crippen molar-refractivity contribution in [1.29, 1.82) is 0 Å². The van der Waals surface area contributed by atoms with Crippen molar-refractivity contribution < 1.29 is 9.53 Å². The van der Waals surface area contributed by atoms with Gasteiger partial charge in [-0.2, -0.15) is 0 Å². The molecule has 1 aromatic carbocycles. The van der Waals surface area contributed by atoms with E-state index in [0.717, 1.165) is 37.1 Å². The lowest BCUT2D eigenvalue weighted by Crippen LogP contribution is -2.54. The molecule has 2 rings (SSSR count). The summed E-state index contributed by atoms with van der Waals surface area (Å²) in [6.45, 7) is 0.820. The number of primary amides is 1. The molecular weight excluding hydrogens is 216 g/mol. The number of piperidine rings is 1. The third-order valence-corrected chi connectivity index (χ3v) is 3.39. The Morgan fingerprint density at radius 1 is 1.47 bits per heavy atom. The zero-order valence-electron chi connectivity index (χ0n) is 10.0. The van der Waals surface area contributed by atoms with E-state index in [9.17, 15) is 4.79 Å². The predicted octanol–water partition coefficient (Wildman–Crippen LogP) is 1.15. The van der Waals surface area contributed by atoms with E-state index in [2.05, 4.69) is 5.32 Å². The first-order chi connectivity index (χ1) is 8.19. The molecule has 3 N–H and O–H groups in total. The summed E-state index contributed by atoms with van der Waals surface area (Å²) in [7, 11) is 1.62. The van der Waals surface area contributed by atoms with Crippen LogP contribution >= 0.6 is 0 Å². The van der Waals surface area contributed by atoms with Crippen molar-refractivity contribution in [2.45, 2.75) is 24.8 Å². The molecule has 17 heavy (non-hydrogen) atoms. The van der Waals surface area contributed by atoms with E-state index < -0.39 is 5.54 Å². The highest BCUT2D eigenvalue weighted by atomic mass is 16.5. The molecule has 0 aromatic heterocycles. The highest BCUT2D eigenvalue weighted by Crippen LogP contribution is 2.31. The molecule has 1 aliphatic heterocycles. The first-order valence-electron chi connectivity index (χ1n) is 5.88. The van der Waals surface area contributed by atoms with Crippen molar-refractivity contribution in [2.75, 3.05) is 13.7 Å². The summed E-state index contributed by atoms with van der Waals surface area (Å²) in [6.07, 6.45) is 2.83. The van der Waals surface area contributed by atoms with Crippen LogP contribution in [0.25, 0.3) is 0 Å². The summed E-state index contributed by atoms with van der Waals surface area (Å²) in [4.78, 5) is 11.8. The summed E-state index contributed by atoms with van der Waals surface area (Å²) >= 11 is 0. The van der Waals surface area contributed by atoms with Gasteiger partial charge in [0.1, 0.15) is 11.3 Å². The minimum Gasteiger partial charge on any atom is -0.497 e. The van der Waals surface area contributed by atoms with Gasteiger partial charge in [-0.15, -0.1) is 0 Å². The predicted molar refractivity (Wildman–Crippen MR) is 65.7 cm³/mol. The summed E-state index contributed by atoms with van der Waals surface area (Å²) in [5.41, 5.74) is 5.75. The fourth-order valence-electron chi connectivity index (χ4n) is 2.39. The molecule has 92 valence electrons. The van der Waals surface area contributed by atoms with Crippen LogP contribution in [0.1, 0.15) is 24.8 Å². The third kappa shape index (κ3) is 2.13. The first kappa shape index (κ1) is 11.9. The van der Waals surface area contributed by atoms with Crippen molar-refractivity contribution in [3.05, 3.63) is 29.8 Å². The molecule has 0 aliphatic carbocycles. The summed E-state index contributed by atoms with van der Waals surface area (Å²) < 4.78 is 5.19. The standard InChI is InChI=1S/C13H18N2O2/c1-17-11-6-4-5-10(9-11)13(12(14)16)7-2-3-8-15-13/h4-6,9,15H,2-3,7-8H2,1H3,(H2,14,16). The molecule has 4 nitrogen and oxygen atoms in total. The molecule has 0 bridgehead atoms. The number of rotatable bonds is 3. The van der Waals surface area contributed by atoms with Crippen molar-refractivity contribution in [3.63, 3.8) is 0 Å². The van der Waals surface area contributed by atoms with Crippen LogP contribution in [-0.2, 0) is 10.3 Å². The van der Waals surface area contributed by atoms with Crippen LogP contribution in [0.5, 0.6) is 5.75 Å². The van der Waals surface area contributed by atoms with E-state index in [1.807, 2.05) is 24.3 Å². The maximum Gasteiger partial charge on any atom is 0.242 e. The second-order valence-corrected chi connectivity index (χ2v) is 4.39. The lowest BCUT2D eigenvalue weighted by atomic mass is 9.81. The maximum atomic E-state index is 11.8. The smallest absolute Gasteiger partial charge is 0.242 e. The largest absolute Gasteiger partial charge is 0.497 e. The number of amides is 1. The van der Waals surface area contributed by atoms with Gasteiger partial charge in [-0.3, -0.25) is 10.1 Å². The number of carbonyl (C=O) groups excluding carboxylic acids is 1. The van der Waals surface area contributed by atoms with Crippen LogP contribution < -0.4 is 15.8 Å². The Kier molecular flexibility index (Phi) is 3.33. The first-order valence-corrected chi connectivity index (χ1v) is 5.88. The molecule has 0 spiro atoms. The molecular formula is C13H18N2O2. The molecule has 0 saturated carbocycles. The van der Waals surface area contributed by atoms with Gasteiger partial charge in [0.25, 0.3) is 0 Å². The molecule has 1 aromatic rings. The number of nitrogens with two attached hydrogens (primary N) is 1. The fourth-order valence-corrected chi connectivity index (χ4v) is 2.39. The Labute approximate surface area is 101 Å². The van der Waals surface area contributed by atoms with E-state index in [4.69, 9.17) is 10.5 Å². The van der Waals surface area contributed by atoms with Crippen LogP contribution in [0, 0.1) is 0 Å². The van der Waals surface area contributed by atoms with Crippen molar-refractivity contribution in [3.8, 4) is 5.75 Å². The topological polar surface area (TPSA) is 64.3 Å². The van der Waals surface area contributed by atoms with Gasteiger partial charge in [0.05, 0.1) is 7.11 Å². The Morgan fingerprint density at radius 3 is 2.88 bits per heavy atom. The minimum absolute atomic E-state index is 0.314. The number of carbonyl (C=O) groups is 1. The van der Waals surface area contributed by atoms with Crippen molar-refractivity contribution >= 4 is 5.91 Å². The Hall–Kier alpha value is -1.55. The second-order valence-electron chi connectivity index (χ2n) is 4.39. The van der Waals surface area contributed by atoms with Gasteiger partial charge in [-0.05, 0) is 43.5 Å². The molecule has 1 heterocycles. The van der Waals surface area contributed by atoms with Crippen LogP contribution in [0.4, 0.5) is 0 Å². The van der Waals surface area contributed by atoms with Gasteiger partial charge in [-0.25, -0.2) is 0 Å². The molecule has 1 amide bonds. The molecule has 4 heteroatoms. The van der Waals surface area contributed by atoms with Gasteiger partial charge in [0, 0.05) is 0 Å². The lowest BCUT2D eigenvalue weighted by molar-refractivity contribution is -0.125. The molecule has 1 saturated heterocycles. The fraction of sp³-hybridized carbons (Fsp3) is 0.462. The monoisotopic (exact) mass is 234 g/mol. The van der Waals surface area contributed by atoms with Crippen molar-refractivity contribution in [1.82, 2.24) is 5.32 Å². The molecule has 1 atom stereocenters. The number of benzene rings is 1. The van der Waals surface area contributed by atoms with Gasteiger partial charge >= 0.3 is 0 Å². The maximum absolute atomic E-state index is 11.8. The van der Waals surface area contributed by atoms with Crippen LogP contribution in [-0.4, -0.2) is 19.6 Å². The van der Waals surface area contributed by atoms with Crippen molar-refractivity contribution in [2.24, 2.45) is 5.73 Å². The van der Waals surface area contributed by atoms with E-state index in [1.165, 1.54) is 0 Å². The minimum atomic E-state index is -0.729.